The zero-order valence-corrected chi connectivity index (χ0v) is 14.1. The van der Waals surface area contributed by atoms with Crippen LogP contribution in [0.3, 0.4) is 0 Å². The highest BCUT2D eigenvalue weighted by Crippen LogP contribution is 2.18. The Morgan fingerprint density at radius 2 is 2.08 bits per heavy atom. The number of benzene rings is 1. The Kier molecular flexibility index (Phi) is 7.13. The first-order valence-corrected chi connectivity index (χ1v) is 8.55. The van der Waals surface area contributed by atoms with E-state index in [4.69, 9.17) is 0 Å². The number of likely N-dealkylation sites (tertiary alicyclic amines) is 1. The monoisotopic (exact) mass is 345 g/mol. The van der Waals surface area contributed by atoms with Gasteiger partial charge in [0.15, 0.2) is 0 Å². The molecule has 1 fully saturated rings. The summed E-state index contributed by atoms with van der Waals surface area (Å²) in [6.45, 7) is 1.90. The SMILES string of the molecule is O=C(/C=C/c1ccccc1[N+](=O)[O-])NCCCN1CCCCCC1=O. The van der Waals surface area contributed by atoms with E-state index in [1.54, 1.807) is 18.2 Å². The highest BCUT2D eigenvalue weighted by Gasteiger charge is 2.15. The summed E-state index contributed by atoms with van der Waals surface area (Å²) in [5, 5.41) is 13.7. The second-order valence-electron chi connectivity index (χ2n) is 5.99. The molecule has 134 valence electrons. The van der Waals surface area contributed by atoms with Crippen LogP contribution in [0.5, 0.6) is 0 Å². The van der Waals surface area contributed by atoms with Gasteiger partial charge in [-0.2, -0.15) is 0 Å². The Hall–Kier alpha value is -2.70. The lowest BCUT2D eigenvalue weighted by Crippen LogP contribution is -2.33. The van der Waals surface area contributed by atoms with Crippen molar-refractivity contribution in [3.63, 3.8) is 0 Å². The van der Waals surface area contributed by atoms with Gasteiger partial charge in [-0.25, -0.2) is 0 Å². The smallest absolute Gasteiger partial charge is 0.276 e. The molecule has 2 rings (SSSR count). The first-order valence-electron chi connectivity index (χ1n) is 8.55. The molecule has 1 N–H and O–H groups in total. The third-order valence-corrected chi connectivity index (χ3v) is 4.12. The number of nitrogens with one attached hydrogen (secondary N) is 1. The predicted octanol–water partition coefficient (Wildman–Crippen LogP) is 2.52. The van der Waals surface area contributed by atoms with Crippen LogP contribution in [0.15, 0.2) is 30.3 Å². The quantitative estimate of drug-likeness (QED) is 0.356. The Balaban J connectivity index is 1.75. The van der Waals surface area contributed by atoms with Crippen molar-refractivity contribution in [2.75, 3.05) is 19.6 Å². The number of carbonyl (C=O) groups excluding carboxylic acids is 2. The summed E-state index contributed by atoms with van der Waals surface area (Å²) in [5.74, 6) is -0.111. The molecule has 0 aromatic heterocycles. The van der Waals surface area contributed by atoms with Gasteiger partial charge in [0.05, 0.1) is 10.5 Å². The molecular formula is C18H23N3O4. The molecule has 0 saturated carbocycles. The summed E-state index contributed by atoms with van der Waals surface area (Å²) in [5.41, 5.74) is 0.351. The fourth-order valence-corrected chi connectivity index (χ4v) is 2.78. The molecule has 1 aromatic rings. The molecule has 1 aliphatic rings. The molecule has 1 aromatic carbocycles. The predicted molar refractivity (Wildman–Crippen MR) is 94.8 cm³/mol. The van der Waals surface area contributed by atoms with Gasteiger partial charge in [-0.05, 0) is 31.4 Å². The van der Waals surface area contributed by atoms with E-state index in [2.05, 4.69) is 5.32 Å². The Bertz CT molecular complexity index is 657. The van der Waals surface area contributed by atoms with Crippen molar-refractivity contribution >= 4 is 23.6 Å². The van der Waals surface area contributed by atoms with Gasteiger partial charge in [0.25, 0.3) is 5.69 Å². The lowest BCUT2D eigenvalue weighted by atomic mass is 10.1. The van der Waals surface area contributed by atoms with Crippen LogP contribution in [0, 0.1) is 10.1 Å². The standard InChI is InChI=1S/C18H23N3O4/c22-17(11-10-15-7-3-4-8-16(15)21(24)25)19-12-6-14-20-13-5-1-2-9-18(20)23/h3-4,7-8,10-11H,1-2,5-6,9,12-14H2,(H,19,22)/b11-10+. The largest absolute Gasteiger partial charge is 0.352 e. The van der Waals surface area contributed by atoms with E-state index in [1.165, 1.54) is 18.2 Å². The third-order valence-electron chi connectivity index (χ3n) is 4.12. The molecule has 0 aliphatic carbocycles. The van der Waals surface area contributed by atoms with Crippen molar-refractivity contribution in [1.29, 1.82) is 0 Å². The van der Waals surface area contributed by atoms with Crippen LogP contribution >= 0.6 is 0 Å². The molecule has 25 heavy (non-hydrogen) atoms. The highest BCUT2D eigenvalue weighted by atomic mass is 16.6. The van der Waals surface area contributed by atoms with Crippen LogP contribution in [-0.4, -0.2) is 41.3 Å². The van der Waals surface area contributed by atoms with Crippen LogP contribution in [-0.2, 0) is 9.59 Å². The maximum Gasteiger partial charge on any atom is 0.276 e. The molecule has 0 unspecified atom stereocenters. The average Bonchev–Trinajstić information content (AvgIpc) is 2.81. The molecule has 1 heterocycles. The molecular weight excluding hydrogens is 322 g/mol. The third kappa shape index (κ3) is 6.02. The van der Waals surface area contributed by atoms with E-state index in [0.717, 1.165) is 25.8 Å². The van der Waals surface area contributed by atoms with Crippen LogP contribution in [0.2, 0.25) is 0 Å². The second kappa shape index (κ2) is 9.56. The normalized spacial score (nSPS) is 15.2. The van der Waals surface area contributed by atoms with E-state index < -0.39 is 4.92 Å². The number of amides is 2. The Morgan fingerprint density at radius 3 is 2.88 bits per heavy atom. The summed E-state index contributed by atoms with van der Waals surface area (Å²) in [6.07, 6.45) is 7.13. The molecule has 1 aliphatic heterocycles. The van der Waals surface area contributed by atoms with Crippen molar-refractivity contribution in [3.8, 4) is 0 Å². The van der Waals surface area contributed by atoms with Gasteiger partial charge in [0.1, 0.15) is 0 Å². The lowest BCUT2D eigenvalue weighted by molar-refractivity contribution is -0.385. The maximum atomic E-state index is 11.9. The fourth-order valence-electron chi connectivity index (χ4n) is 2.78. The molecule has 0 radical (unpaired) electrons. The van der Waals surface area contributed by atoms with Gasteiger partial charge < -0.3 is 10.2 Å². The maximum absolute atomic E-state index is 11.9. The minimum absolute atomic E-state index is 0.0359. The van der Waals surface area contributed by atoms with Gasteiger partial charge in [-0.1, -0.05) is 18.6 Å². The van der Waals surface area contributed by atoms with E-state index >= 15 is 0 Å². The fraction of sp³-hybridized carbons (Fsp3) is 0.444. The van der Waals surface area contributed by atoms with Gasteiger partial charge in [0, 0.05) is 38.2 Å². The van der Waals surface area contributed by atoms with Crippen molar-refractivity contribution in [1.82, 2.24) is 10.2 Å². The van der Waals surface area contributed by atoms with Gasteiger partial charge in [0.2, 0.25) is 11.8 Å². The van der Waals surface area contributed by atoms with E-state index in [9.17, 15) is 19.7 Å². The van der Waals surface area contributed by atoms with Gasteiger partial charge in [-0.3, -0.25) is 19.7 Å². The number of hydrogen-bond donors (Lipinski definition) is 1. The number of para-hydroxylation sites is 1. The van der Waals surface area contributed by atoms with Crippen molar-refractivity contribution in [2.45, 2.75) is 32.1 Å². The molecule has 1 saturated heterocycles. The van der Waals surface area contributed by atoms with Crippen LogP contribution in [0.1, 0.15) is 37.7 Å². The van der Waals surface area contributed by atoms with E-state index in [0.29, 0.717) is 31.5 Å². The van der Waals surface area contributed by atoms with Crippen LogP contribution in [0.25, 0.3) is 6.08 Å². The summed E-state index contributed by atoms with van der Waals surface area (Å²) >= 11 is 0. The molecule has 2 amide bonds. The molecule has 7 heteroatoms. The summed E-state index contributed by atoms with van der Waals surface area (Å²) in [4.78, 5) is 36.0. The zero-order valence-electron chi connectivity index (χ0n) is 14.1. The van der Waals surface area contributed by atoms with Crippen LogP contribution in [0.4, 0.5) is 5.69 Å². The van der Waals surface area contributed by atoms with E-state index in [-0.39, 0.29) is 17.5 Å². The van der Waals surface area contributed by atoms with Crippen LogP contribution < -0.4 is 5.32 Å². The Morgan fingerprint density at radius 1 is 1.28 bits per heavy atom. The number of hydrogen-bond acceptors (Lipinski definition) is 4. The summed E-state index contributed by atoms with van der Waals surface area (Å²) < 4.78 is 0. The topological polar surface area (TPSA) is 92.5 Å². The molecule has 0 bridgehead atoms. The number of carbonyl (C=O) groups is 2. The van der Waals surface area contributed by atoms with Crippen molar-refractivity contribution < 1.29 is 14.5 Å². The first kappa shape index (κ1) is 18.6. The number of rotatable bonds is 7. The molecule has 7 nitrogen and oxygen atoms in total. The minimum Gasteiger partial charge on any atom is -0.352 e. The van der Waals surface area contributed by atoms with Crippen molar-refractivity contribution in [2.24, 2.45) is 0 Å². The first-order chi connectivity index (χ1) is 12.1. The highest BCUT2D eigenvalue weighted by molar-refractivity contribution is 5.92. The average molecular weight is 345 g/mol. The lowest BCUT2D eigenvalue weighted by Gasteiger charge is -2.20. The van der Waals surface area contributed by atoms with Crippen molar-refractivity contribution in [3.05, 3.63) is 46.0 Å². The van der Waals surface area contributed by atoms with Gasteiger partial charge in [-0.15, -0.1) is 0 Å². The minimum atomic E-state index is -0.476. The second-order valence-corrected chi connectivity index (χ2v) is 5.99. The summed E-state index contributed by atoms with van der Waals surface area (Å²) in [7, 11) is 0. The number of nitro groups is 1. The zero-order chi connectivity index (χ0) is 18.1. The van der Waals surface area contributed by atoms with E-state index in [1.807, 2.05) is 4.90 Å². The van der Waals surface area contributed by atoms with Gasteiger partial charge >= 0.3 is 0 Å². The Labute approximate surface area is 146 Å². The molecule has 0 spiro atoms. The number of nitrogens with zero attached hydrogens (tertiary/aromatic N) is 2. The summed E-state index contributed by atoms with van der Waals surface area (Å²) in [6, 6.07) is 6.26. The molecule has 0 atom stereocenters. The number of nitro benzene ring substituents is 1.